The lowest BCUT2D eigenvalue weighted by Crippen LogP contribution is -2.43. The van der Waals surface area contributed by atoms with E-state index in [-0.39, 0.29) is 23.3 Å². The molecule has 3 nitrogen and oxygen atoms in total. The number of hydrogen-bond acceptors (Lipinski definition) is 2. The van der Waals surface area contributed by atoms with Crippen LogP contribution in [0.4, 0.5) is 13.2 Å². The molecule has 190 valence electrons. The number of carbonyl (C=O) groups is 1. The van der Waals surface area contributed by atoms with Gasteiger partial charge in [-0.25, -0.2) is 0 Å². The molecule has 1 amide bonds. The molecule has 2 aliphatic rings. The first-order valence-electron chi connectivity index (χ1n) is 12.8. The van der Waals surface area contributed by atoms with Crippen LogP contribution in [-0.2, 0) is 17.4 Å². The van der Waals surface area contributed by atoms with Crippen LogP contribution < -0.4 is 0 Å². The van der Waals surface area contributed by atoms with Crippen LogP contribution >= 0.6 is 0 Å². The Bertz CT molecular complexity index is 1020. The number of halogens is 3. The van der Waals surface area contributed by atoms with Crippen LogP contribution in [0.5, 0.6) is 0 Å². The van der Waals surface area contributed by atoms with Gasteiger partial charge in [0, 0.05) is 19.5 Å². The highest BCUT2D eigenvalue weighted by Gasteiger charge is 2.34. The zero-order valence-corrected chi connectivity index (χ0v) is 21.1. The van der Waals surface area contributed by atoms with E-state index in [2.05, 4.69) is 54.8 Å². The second-order valence-electron chi connectivity index (χ2n) is 11.3. The van der Waals surface area contributed by atoms with E-state index in [0.717, 1.165) is 63.5 Å². The molecular formula is C29H37F3N2O. The van der Waals surface area contributed by atoms with Gasteiger partial charge in [-0.1, -0.05) is 63.2 Å². The van der Waals surface area contributed by atoms with Gasteiger partial charge in [0.25, 0.3) is 0 Å². The summed E-state index contributed by atoms with van der Waals surface area (Å²) >= 11 is 0. The van der Waals surface area contributed by atoms with Gasteiger partial charge in [-0.05, 0) is 72.9 Å². The van der Waals surface area contributed by atoms with E-state index in [1.165, 1.54) is 23.3 Å². The normalized spacial score (nSPS) is 20.1. The predicted molar refractivity (Wildman–Crippen MR) is 133 cm³/mol. The summed E-state index contributed by atoms with van der Waals surface area (Å²) in [6.45, 7) is 9.68. The number of carbonyl (C=O) groups excluding carboxylic acids is 1. The van der Waals surface area contributed by atoms with Crippen molar-refractivity contribution in [2.24, 2.45) is 5.41 Å². The van der Waals surface area contributed by atoms with Gasteiger partial charge in [-0.3, -0.25) is 4.79 Å². The SMILES string of the molecule is CC(C)(C)CC(=O)N1CCc2ccccc2C1CCN1CCC(c2cccc(C(F)(F)F)c2)CC1. The Balaban J connectivity index is 1.39. The van der Waals surface area contributed by atoms with Crippen molar-refractivity contribution in [3.8, 4) is 0 Å². The summed E-state index contributed by atoms with van der Waals surface area (Å²) in [4.78, 5) is 17.7. The van der Waals surface area contributed by atoms with Gasteiger partial charge in [0.15, 0.2) is 0 Å². The second-order valence-corrected chi connectivity index (χ2v) is 11.3. The van der Waals surface area contributed by atoms with E-state index in [1.807, 2.05) is 6.07 Å². The Hall–Kier alpha value is -2.34. The average molecular weight is 487 g/mol. The molecule has 1 unspecified atom stereocenters. The third kappa shape index (κ3) is 6.46. The molecule has 35 heavy (non-hydrogen) atoms. The molecule has 2 aromatic carbocycles. The maximum atomic E-state index is 13.2. The lowest BCUT2D eigenvalue weighted by atomic mass is 9.86. The fraction of sp³-hybridized carbons (Fsp3) is 0.552. The highest BCUT2D eigenvalue weighted by Crippen LogP contribution is 2.36. The van der Waals surface area contributed by atoms with Crippen LogP contribution in [0.1, 0.15) is 80.7 Å². The summed E-state index contributed by atoms with van der Waals surface area (Å²) < 4.78 is 39.4. The molecule has 6 heteroatoms. The topological polar surface area (TPSA) is 23.6 Å². The van der Waals surface area contributed by atoms with E-state index in [9.17, 15) is 18.0 Å². The Labute approximate surface area is 207 Å². The molecule has 2 heterocycles. The number of likely N-dealkylation sites (tertiary alicyclic amines) is 1. The highest BCUT2D eigenvalue weighted by molar-refractivity contribution is 5.77. The number of fused-ring (bicyclic) bond motifs is 1. The predicted octanol–water partition coefficient (Wildman–Crippen LogP) is 6.84. The molecule has 0 aromatic heterocycles. The summed E-state index contributed by atoms with van der Waals surface area (Å²) in [6, 6.07) is 14.4. The van der Waals surface area contributed by atoms with E-state index in [0.29, 0.717) is 6.42 Å². The van der Waals surface area contributed by atoms with Crippen molar-refractivity contribution in [1.29, 1.82) is 0 Å². The summed E-state index contributed by atoms with van der Waals surface area (Å²) in [6.07, 6.45) is -0.284. The molecule has 0 N–H and O–H groups in total. The molecule has 0 bridgehead atoms. The molecule has 2 aliphatic heterocycles. The monoisotopic (exact) mass is 486 g/mol. The molecule has 1 saturated heterocycles. The zero-order valence-electron chi connectivity index (χ0n) is 21.1. The fourth-order valence-electron chi connectivity index (χ4n) is 5.58. The van der Waals surface area contributed by atoms with E-state index < -0.39 is 11.7 Å². The van der Waals surface area contributed by atoms with Crippen molar-refractivity contribution in [2.75, 3.05) is 26.2 Å². The van der Waals surface area contributed by atoms with Crippen LogP contribution in [-0.4, -0.2) is 41.9 Å². The van der Waals surface area contributed by atoms with Crippen molar-refractivity contribution in [2.45, 2.75) is 71.0 Å². The average Bonchev–Trinajstić information content (AvgIpc) is 2.81. The van der Waals surface area contributed by atoms with E-state index in [1.54, 1.807) is 0 Å². The Morgan fingerprint density at radius 2 is 1.69 bits per heavy atom. The number of nitrogens with zero attached hydrogens (tertiary/aromatic N) is 2. The molecule has 1 fully saturated rings. The van der Waals surface area contributed by atoms with Crippen molar-refractivity contribution >= 4 is 5.91 Å². The molecular weight excluding hydrogens is 449 g/mol. The number of amides is 1. The number of alkyl halides is 3. The Morgan fingerprint density at radius 1 is 0.971 bits per heavy atom. The minimum absolute atomic E-state index is 0.0517. The van der Waals surface area contributed by atoms with Gasteiger partial charge in [-0.2, -0.15) is 13.2 Å². The van der Waals surface area contributed by atoms with Crippen LogP contribution in [0, 0.1) is 5.41 Å². The van der Waals surface area contributed by atoms with E-state index >= 15 is 0 Å². The molecule has 0 spiro atoms. The Morgan fingerprint density at radius 3 is 2.37 bits per heavy atom. The minimum Gasteiger partial charge on any atom is -0.335 e. The molecule has 0 aliphatic carbocycles. The molecule has 0 saturated carbocycles. The third-order valence-electron chi connectivity index (χ3n) is 7.41. The van der Waals surface area contributed by atoms with Crippen molar-refractivity contribution in [1.82, 2.24) is 9.80 Å². The van der Waals surface area contributed by atoms with Gasteiger partial charge in [0.2, 0.25) is 5.91 Å². The highest BCUT2D eigenvalue weighted by atomic mass is 19.4. The maximum Gasteiger partial charge on any atom is 0.416 e. The standard InChI is InChI=1S/C29H37F3N2O/c1-28(2,3)20-27(35)34-18-13-22-7-4-5-10-25(22)26(34)14-17-33-15-11-21(12-16-33)23-8-6-9-24(19-23)29(30,31)32/h4-10,19,21,26H,11-18,20H2,1-3H3. The second kappa shape index (κ2) is 10.3. The minimum atomic E-state index is -4.30. The van der Waals surface area contributed by atoms with Gasteiger partial charge < -0.3 is 9.80 Å². The summed E-state index contributed by atoms with van der Waals surface area (Å²) in [7, 11) is 0. The van der Waals surface area contributed by atoms with Crippen molar-refractivity contribution < 1.29 is 18.0 Å². The smallest absolute Gasteiger partial charge is 0.335 e. The first-order chi connectivity index (χ1) is 16.5. The molecule has 0 radical (unpaired) electrons. The maximum absolute atomic E-state index is 13.2. The third-order valence-corrected chi connectivity index (χ3v) is 7.41. The van der Waals surface area contributed by atoms with Crippen LogP contribution in [0.2, 0.25) is 0 Å². The Kier molecular flexibility index (Phi) is 7.60. The first kappa shape index (κ1) is 25.7. The number of rotatable bonds is 5. The van der Waals surface area contributed by atoms with Gasteiger partial charge in [-0.15, -0.1) is 0 Å². The molecule has 4 rings (SSSR count). The van der Waals surface area contributed by atoms with Crippen LogP contribution in [0.3, 0.4) is 0 Å². The first-order valence-corrected chi connectivity index (χ1v) is 12.8. The van der Waals surface area contributed by atoms with Gasteiger partial charge in [0.05, 0.1) is 11.6 Å². The number of hydrogen-bond donors (Lipinski definition) is 0. The van der Waals surface area contributed by atoms with Crippen molar-refractivity contribution in [3.63, 3.8) is 0 Å². The van der Waals surface area contributed by atoms with Gasteiger partial charge in [0.1, 0.15) is 0 Å². The fourth-order valence-corrected chi connectivity index (χ4v) is 5.58. The largest absolute Gasteiger partial charge is 0.416 e. The molecule has 2 aromatic rings. The number of piperidine rings is 1. The quantitative estimate of drug-likeness (QED) is 0.462. The summed E-state index contributed by atoms with van der Waals surface area (Å²) in [5.41, 5.74) is 2.78. The molecule has 1 atom stereocenters. The summed E-state index contributed by atoms with van der Waals surface area (Å²) in [5.74, 6) is 0.383. The van der Waals surface area contributed by atoms with Gasteiger partial charge >= 0.3 is 6.18 Å². The number of benzene rings is 2. The van der Waals surface area contributed by atoms with Crippen LogP contribution in [0.25, 0.3) is 0 Å². The summed E-state index contributed by atoms with van der Waals surface area (Å²) in [5, 5.41) is 0. The zero-order chi connectivity index (χ0) is 25.2. The lowest BCUT2D eigenvalue weighted by molar-refractivity contribution is -0.138. The van der Waals surface area contributed by atoms with Crippen molar-refractivity contribution in [3.05, 3.63) is 70.8 Å². The van der Waals surface area contributed by atoms with E-state index in [4.69, 9.17) is 0 Å². The lowest BCUT2D eigenvalue weighted by Gasteiger charge is -2.40. The van der Waals surface area contributed by atoms with Crippen LogP contribution in [0.15, 0.2) is 48.5 Å².